The first-order chi connectivity index (χ1) is 7.74. The summed E-state index contributed by atoms with van der Waals surface area (Å²) >= 11 is 0. The third kappa shape index (κ3) is 2.58. The quantitative estimate of drug-likeness (QED) is 0.743. The molecule has 0 aliphatic carbocycles. The number of aliphatic hydroxyl groups is 1. The fourth-order valence-corrected chi connectivity index (χ4v) is 3.44. The van der Waals surface area contributed by atoms with Gasteiger partial charge in [0.2, 0.25) is 0 Å². The lowest BCUT2D eigenvalue weighted by Gasteiger charge is -2.38. The molecule has 0 spiro atoms. The fraction of sp³-hybridized carbons (Fsp3) is 1.00. The Kier molecular flexibility index (Phi) is 4.22. The smallest absolute Gasteiger partial charge is 0.0445 e. The van der Waals surface area contributed by atoms with Crippen LogP contribution in [0.4, 0.5) is 0 Å². The molecule has 0 radical (unpaired) electrons. The summed E-state index contributed by atoms with van der Waals surface area (Å²) < 4.78 is 0. The maximum Gasteiger partial charge on any atom is 0.0445 e. The van der Waals surface area contributed by atoms with Gasteiger partial charge >= 0.3 is 0 Å². The summed E-state index contributed by atoms with van der Waals surface area (Å²) in [5.74, 6) is 0. The minimum atomic E-state index is 0.311. The van der Waals surface area contributed by atoms with Gasteiger partial charge in [0.1, 0.15) is 0 Å². The van der Waals surface area contributed by atoms with Gasteiger partial charge in [0.25, 0.3) is 0 Å². The van der Waals surface area contributed by atoms with Gasteiger partial charge in [-0.15, -0.1) is 0 Å². The molecule has 0 aromatic carbocycles. The Balaban J connectivity index is 1.83. The average Bonchev–Trinajstić information content (AvgIpc) is 2.53. The van der Waals surface area contributed by atoms with Crippen LogP contribution in [0.1, 0.15) is 45.4 Å². The van der Waals surface area contributed by atoms with Crippen LogP contribution in [0.25, 0.3) is 0 Å². The maximum absolute atomic E-state index is 9.01. The van der Waals surface area contributed by atoms with E-state index >= 15 is 0 Å². The number of rotatable bonds is 5. The molecular weight excluding hydrogens is 200 g/mol. The van der Waals surface area contributed by atoms with Crippen molar-refractivity contribution in [3.05, 3.63) is 0 Å². The summed E-state index contributed by atoms with van der Waals surface area (Å²) in [5.41, 5.74) is 0. The molecule has 0 amide bonds. The van der Waals surface area contributed by atoms with Crippen molar-refractivity contribution < 1.29 is 5.11 Å². The lowest BCUT2D eigenvalue weighted by atomic mass is 9.96. The second kappa shape index (κ2) is 5.48. The molecule has 2 fully saturated rings. The first-order valence-electron chi connectivity index (χ1n) is 6.83. The molecule has 3 atom stereocenters. The van der Waals surface area contributed by atoms with E-state index in [4.69, 9.17) is 5.11 Å². The van der Waals surface area contributed by atoms with Crippen molar-refractivity contribution in [2.45, 2.75) is 69.6 Å². The van der Waals surface area contributed by atoms with Crippen LogP contribution in [0.15, 0.2) is 0 Å². The Labute approximate surface area is 99.2 Å². The predicted molar refractivity (Wildman–Crippen MR) is 66.5 cm³/mol. The minimum Gasteiger partial charge on any atom is -0.396 e. The van der Waals surface area contributed by atoms with Crippen LogP contribution in [0.2, 0.25) is 0 Å². The highest BCUT2D eigenvalue weighted by Crippen LogP contribution is 2.34. The molecule has 2 heterocycles. The molecule has 94 valence electrons. The van der Waals surface area contributed by atoms with Crippen molar-refractivity contribution in [2.75, 3.05) is 13.7 Å². The molecule has 0 aromatic rings. The summed E-state index contributed by atoms with van der Waals surface area (Å²) in [6, 6.07) is 2.81. The zero-order chi connectivity index (χ0) is 11.5. The van der Waals surface area contributed by atoms with Gasteiger partial charge in [0.05, 0.1) is 0 Å². The van der Waals surface area contributed by atoms with Crippen molar-refractivity contribution in [1.82, 2.24) is 10.2 Å². The molecule has 2 rings (SSSR count). The van der Waals surface area contributed by atoms with E-state index in [-0.39, 0.29) is 0 Å². The van der Waals surface area contributed by atoms with E-state index in [1.807, 2.05) is 0 Å². The Morgan fingerprint density at radius 1 is 1.31 bits per heavy atom. The standard InChI is InChI=1S/C13H26N2O/c1-3-10(6-7-16)14-11-8-12-4-5-13(9-11)15(12)2/h10-14,16H,3-9H2,1-2H3. The third-order valence-corrected chi connectivity index (χ3v) is 4.54. The zero-order valence-corrected chi connectivity index (χ0v) is 10.7. The van der Waals surface area contributed by atoms with Gasteiger partial charge in [-0.05, 0) is 45.6 Å². The van der Waals surface area contributed by atoms with Crippen molar-refractivity contribution in [3.63, 3.8) is 0 Å². The molecule has 3 heteroatoms. The largest absolute Gasteiger partial charge is 0.396 e. The van der Waals surface area contributed by atoms with Crippen LogP contribution < -0.4 is 5.32 Å². The van der Waals surface area contributed by atoms with E-state index in [0.29, 0.717) is 18.7 Å². The highest BCUT2D eigenvalue weighted by atomic mass is 16.3. The van der Waals surface area contributed by atoms with E-state index in [2.05, 4.69) is 24.2 Å². The fourth-order valence-electron chi connectivity index (χ4n) is 3.44. The molecule has 3 nitrogen and oxygen atoms in total. The van der Waals surface area contributed by atoms with E-state index < -0.39 is 0 Å². The monoisotopic (exact) mass is 226 g/mol. The zero-order valence-electron chi connectivity index (χ0n) is 10.7. The van der Waals surface area contributed by atoms with E-state index in [1.165, 1.54) is 25.7 Å². The van der Waals surface area contributed by atoms with Crippen LogP contribution >= 0.6 is 0 Å². The highest BCUT2D eigenvalue weighted by molar-refractivity contribution is 4.96. The van der Waals surface area contributed by atoms with E-state index in [1.54, 1.807) is 0 Å². The summed E-state index contributed by atoms with van der Waals surface area (Å²) in [5, 5.41) is 12.7. The second-order valence-electron chi connectivity index (χ2n) is 5.50. The molecule has 3 unspecified atom stereocenters. The predicted octanol–water partition coefficient (Wildman–Crippen LogP) is 1.36. The molecular formula is C13H26N2O. The van der Waals surface area contributed by atoms with Crippen LogP contribution in [0.5, 0.6) is 0 Å². The lowest BCUT2D eigenvalue weighted by molar-refractivity contribution is 0.138. The Bertz CT molecular complexity index is 208. The van der Waals surface area contributed by atoms with Crippen molar-refractivity contribution in [3.8, 4) is 0 Å². The summed E-state index contributed by atoms with van der Waals surface area (Å²) in [4.78, 5) is 2.57. The average molecular weight is 226 g/mol. The SMILES string of the molecule is CCC(CCO)NC1CC2CCC(C1)N2C. The number of hydrogen-bond acceptors (Lipinski definition) is 3. The molecule has 2 N–H and O–H groups in total. The van der Waals surface area contributed by atoms with Gasteiger partial charge < -0.3 is 15.3 Å². The van der Waals surface area contributed by atoms with Gasteiger partial charge in [-0.2, -0.15) is 0 Å². The van der Waals surface area contributed by atoms with Crippen molar-refractivity contribution in [1.29, 1.82) is 0 Å². The molecule has 0 aromatic heterocycles. The molecule has 2 bridgehead atoms. The Morgan fingerprint density at radius 3 is 2.44 bits per heavy atom. The first-order valence-corrected chi connectivity index (χ1v) is 6.83. The number of nitrogens with zero attached hydrogens (tertiary/aromatic N) is 1. The molecule has 16 heavy (non-hydrogen) atoms. The Morgan fingerprint density at radius 2 is 1.94 bits per heavy atom. The van der Waals surface area contributed by atoms with Gasteiger partial charge in [-0.1, -0.05) is 6.92 Å². The maximum atomic E-state index is 9.01. The van der Waals surface area contributed by atoms with Gasteiger partial charge in [0.15, 0.2) is 0 Å². The van der Waals surface area contributed by atoms with E-state index in [9.17, 15) is 0 Å². The first kappa shape index (κ1) is 12.3. The van der Waals surface area contributed by atoms with Crippen LogP contribution in [-0.2, 0) is 0 Å². The Hall–Kier alpha value is -0.120. The van der Waals surface area contributed by atoms with Crippen molar-refractivity contribution >= 4 is 0 Å². The van der Waals surface area contributed by atoms with Crippen LogP contribution in [0, 0.1) is 0 Å². The highest BCUT2D eigenvalue weighted by Gasteiger charge is 2.38. The molecule has 2 aliphatic rings. The topological polar surface area (TPSA) is 35.5 Å². The van der Waals surface area contributed by atoms with Gasteiger partial charge in [0, 0.05) is 30.8 Å². The molecule has 0 saturated carbocycles. The van der Waals surface area contributed by atoms with Crippen molar-refractivity contribution in [2.24, 2.45) is 0 Å². The number of aliphatic hydroxyl groups excluding tert-OH is 1. The summed E-state index contributed by atoms with van der Waals surface area (Å²) in [7, 11) is 2.28. The van der Waals surface area contributed by atoms with E-state index in [0.717, 1.165) is 24.9 Å². The number of fused-ring (bicyclic) bond motifs is 2. The van der Waals surface area contributed by atoms with Gasteiger partial charge in [-0.25, -0.2) is 0 Å². The molecule has 2 aliphatic heterocycles. The summed E-state index contributed by atoms with van der Waals surface area (Å²) in [6.07, 6.45) is 7.40. The number of hydrogen-bond donors (Lipinski definition) is 2. The number of nitrogens with one attached hydrogen (secondary N) is 1. The lowest BCUT2D eigenvalue weighted by Crippen LogP contribution is -2.49. The number of piperidine rings is 1. The van der Waals surface area contributed by atoms with Gasteiger partial charge in [-0.3, -0.25) is 0 Å². The van der Waals surface area contributed by atoms with Crippen LogP contribution in [-0.4, -0.2) is 47.8 Å². The molecule has 2 saturated heterocycles. The summed E-state index contributed by atoms with van der Waals surface area (Å²) in [6.45, 7) is 2.52. The second-order valence-corrected chi connectivity index (χ2v) is 5.50. The van der Waals surface area contributed by atoms with Crippen LogP contribution in [0.3, 0.4) is 0 Å². The normalized spacial score (nSPS) is 36.6. The third-order valence-electron chi connectivity index (χ3n) is 4.54. The minimum absolute atomic E-state index is 0.311.